The summed E-state index contributed by atoms with van der Waals surface area (Å²) >= 11 is 0. The summed E-state index contributed by atoms with van der Waals surface area (Å²) in [7, 11) is -9.10. The maximum Gasteiger partial charge on any atom is 0.129 e. The van der Waals surface area contributed by atoms with Crippen molar-refractivity contribution in [2.45, 2.75) is 95.6 Å². The van der Waals surface area contributed by atoms with Gasteiger partial charge in [0, 0.05) is 0 Å². The zero-order chi connectivity index (χ0) is 21.4. The Hall–Kier alpha value is -0.0187. The molecule has 0 radical (unpaired) electrons. The molecule has 1 heterocycles. The fourth-order valence-electron chi connectivity index (χ4n) is 4.59. The average molecular weight is 463 g/mol. The molecule has 0 atom stereocenters. The summed E-state index contributed by atoms with van der Waals surface area (Å²) in [6.45, 7) is 29.7. The molecule has 6 heteroatoms. The van der Waals surface area contributed by atoms with Crippen molar-refractivity contribution >= 4 is 48.4 Å². The van der Waals surface area contributed by atoms with Gasteiger partial charge in [-0.3, -0.25) is 0 Å². The van der Waals surface area contributed by atoms with E-state index in [4.69, 9.17) is 0 Å². The van der Waals surface area contributed by atoms with E-state index < -0.39 is 48.4 Å². The summed E-state index contributed by atoms with van der Waals surface area (Å²) in [5, 5.41) is 0. The van der Waals surface area contributed by atoms with Gasteiger partial charge in [0.05, 0.1) is 0 Å². The molecule has 0 N–H and O–H groups in total. The first kappa shape index (κ1) is 25.0. The van der Waals surface area contributed by atoms with Gasteiger partial charge in [-0.15, -0.1) is 33.3 Å². The monoisotopic (exact) mass is 462 g/mol. The Morgan fingerprint density at radius 1 is 0.296 bits per heavy atom. The number of rotatable bonds is 0. The lowest BCUT2D eigenvalue weighted by Crippen LogP contribution is -2.41. The Morgan fingerprint density at radius 2 is 0.407 bits per heavy atom. The Balaban J connectivity index is 3.49. The van der Waals surface area contributed by atoms with E-state index in [-0.39, 0.29) is 0 Å². The van der Waals surface area contributed by atoms with Gasteiger partial charge in [0.2, 0.25) is 0 Å². The summed E-state index contributed by atoms with van der Waals surface area (Å²) < 4.78 is 0. The SMILES string of the molecule is C[Si]1(C)C#C[Si](C)(C)C[Si](C)(C)C#C[Si](C)(C)C[Si](C)(C)C#C[Si](C)(C)C1. The first-order chi connectivity index (χ1) is 11.7. The van der Waals surface area contributed by atoms with Crippen molar-refractivity contribution in [2.24, 2.45) is 0 Å². The predicted molar refractivity (Wildman–Crippen MR) is 143 cm³/mol. The van der Waals surface area contributed by atoms with Crippen LogP contribution in [0.25, 0.3) is 0 Å². The Morgan fingerprint density at radius 3 is 0.519 bits per heavy atom. The first-order valence-electron chi connectivity index (χ1n) is 10.4. The fourth-order valence-corrected chi connectivity index (χ4v) is 41.4. The predicted octanol–water partition coefficient (Wildman–Crippen LogP) is 6.11. The standard InChI is InChI=1S/C21H42Si6/c1-22(2)13-14-24(5,6)20-26(9,10)17-18-27(11,12)21-25(7,8)16-15-23(3,4)19-22/h19-21H2,1-12H3. The van der Waals surface area contributed by atoms with Crippen LogP contribution < -0.4 is 0 Å². The van der Waals surface area contributed by atoms with Gasteiger partial charge in [-0.1, -0.05) is 78.6 Å². The molecule has 0 amide bonds. The lowest BCUT2D eigenvalue weighted by molar-refractivity contribution is 1.59. The third-order valence-electron chi connectivity index (χ3n) is 4.87. The van der Waals surface area contributed by atoms with Crippen LogP contribution in [0.3, 0.4) is 0 Å². The highest BCUT2D eigenvalue weighted by molar-refractivity contribution is 7.07. The minimum absolute atomic E-state index is 1.31. The van der Waals surface area contributed by atoms with Crippen molar-refractivity contribution < 1.29 is 0 Å². The van der Waals surface area contributed by atoms with Crippen LogP contribution >= 0.6 is 0 Å². The quantitative estimate of drug-likeness (QED) is 0.301. The number of hydrogen-bond acceptors (Lipinski definition) is 0. The van der Waals surface area contributed by atoms with Crippen molar-refractivity contribution in [2.75, 3.05) is 0 Å². The van der Waals surface area contributed by atoms with Gasteiger partial charge >= 0.3 is 0 Å². The second-order valence-electron chi connectivity index (χ2n) is 12.6. The van der Waals surface area contributed by atoms with Crippen molar-refractivity contribution in [3.63, 3.8) is 0 Å². The number of hydrogen-bond donors (Lipinski definition) is 0. The topological polar surface area (TPSA) is 0 Å². The molecule has 0 fully saturated rings. The Labute approximate surface area is 176 Å². The average Bonchev–Trinajstić information content (AvgIpc) is 2.38. The van der Waals surface area contributed by atoms with Gasteiger partial charge in [0.15, 0.2) is 0 Å². The van der Waals surface area contributed by atoms with Gasteiger partial charge in [-0.25, -0.2) is 0 Å². The molecule has 0 saturated carbocycles. The van der Waals surface area contributed by atoms with Crippen LogP contribution in [-0.2, 0) is 0 Å². The molecule has 1 aliphatic rings. The van der Waals surface area contributed by atoms with E-state index in [9.17, 15) is 0 Å². The van der Waals surface area contributed by atoms with Crippen molar-refractivity contribution in [1.29, 1.82) is 0 Å². The van der Waals surface area contributed by atoms with E-state index in [1.807, 2.05) is 0 Å². The summed E-state index contributed by atoms with van der Waals surface area (Å²) in [6.07, 6.45) is 0. The van der Waals surface area contributed by atoms with Crippen LogP contribution in [0.4, 0.5) is 0 Å². The molecule has 150 valence electrons. The van der Waals surface area contributed by atoms with E-state index in [1.165, 1.54) is 17.0 Å². The smallest absolute Gasteiger partial charge is 0.129 e. The van der Waals surface area contributed by atoms with Gasteiger partial charge in [-0.05, 0) is 17.0 Å². The molecule has 0 aromatic carbocycles. The summed E-state index contributed by atoms with van der Waals surface area (Å²) in [5.41, 5.74) is 27.1. The van der Waals surface area contributed by atoms with E-state index in [0.717, 1.165) is 0 Å². The Bertz CT molecular complexity index is 593. The van der Waals surface area contributed by atoms with Crippen molar-refractivity contribution in [3.05, 3.63) is 0 Å². The zero-order valence-corrected chi connectivity index (χ0v) is 26.1. The molecule has 0 aromatic rings. The van der Waals surface area contributed by atoms with Crippen LogP contribution in [0.2, 0.25) is 95.6 Å². The van der Waals surface area contributed by atoms with Gasteiger partial charge in [0.1, 0.15) is 48.4 Å². The molecule has 0 bridgehead atoms. The van der Waals surface area contributed by atoms with Crippen LogP contribution in [0.15, 0.2) is 0 Å². The van der Waals surface area contributed by atoms with Gasteiger partial charge in [0.25, 0.3) is 0 Å². The highest BCUT2D eigenvalue weighted by Crippen LogP contribution is 2.24. The summed E-state index contributed by atoms with van der Waals surface area (Å²) in [5.74, 6) is 0. The molecule has 1 aliphatic heterocycles. The molecule has 0 spiro atoms. The van der Waals surface area contributed by atoms with Crippen LogP contribution in [0.5, 0.6) is 0 Å². The second-order valence-corrected chi connectivity index (χ2v) is 40.9. The summed E-state index contributed by atoms with van der Waals surface area (Å²) in [6, 6.07) is 0. The molecule has 0 nitrogen and oxygen atoms in total. The molecular formula is C21H42Si6. The third-order valence-corrected chi connectivity index (χ3v) is 31.6. The highest BCUT2D eigenvalue weighted by atomic mass is 28.4. The maximum atomic E-state index is 3.86. The van der Waals surface area contributed by atoms with Crippen molar-refractivity contribution in [3.8, 4) is 33.3 Å². The Kier molecular flexibility index (Phi) is 7.43. The first-order valence-corrected chi connectivity index (χ1v) is 29.6. The van der Waals surface area contributed by atoms with Crippen molar-refractivity contribution in [1.82, 2.24) is 0 Å². The molecule has 27 heavy (non-hydrogen) atoms. The molecule has 0 unspecified atom stereocenters. The highest BCUT2D eigenvalue weighted by Gasteiger charge is 2.35. The van der Waals surface area contributed by atoms with E-state index >= 15 is 0 Å². The zero-order valence-electron chi connectivity index (χ0n) is 20.1. The van der Waals surface area contributed by atoms with Crippen LogP contribution in [0.1, 0.15) is 0 Å². The maximum absolute atomic E-state index is 3.86. The van der Waals surface area contributed by atoms with Gasteiger partial charge < -0.3 is 0 Å². The fraction of sp³-hybridized carbons (Fsp3) is 0.714. The van der Waals surface area contributed by atoms with Crippen LogP contribution in [-0.4, -0.2) is 48.4 Å². The third kappa shape index (κ3) is 9.83. The lowest BCUT2D eigenvalue weighted by Gasteiger charge is -2.26. The minimum Gasteiger partial charge on any atom is -0.139 e. The molecule has 0 aromatic heterocycles. The minimum atomic E-state index is -1.52. The molecule has 1 rings (SSSR count). The lowest BCUT2D eigenvalue weighted by atomic mass is 11.3. The normalized spacial score (nSPS) is 27.1. The summed E-state index contributed by atoms with van der Waals surface area (Å²) in [4.78, 5) is 0. The van der Waals surface area contributed by atoms with Crippen LogP contribution in [0, 0.1) is 33.3 Å². The second kappa shape index (κ2) is 8.01. The van der Waals surface area contributed by atoms with E-state index in [0.29, 0.717) is 0 Å². The molecule has 0 aliphatic carbocycles. The largest absolute Gasteiger partial charge is 0.139 e. The van der Waals surface area contributed by atoms with Gasteiger partial charge in [-0.2, -0.15) is 0 Å². The molecule has 0 saturated heterocycles. The molecular weight excluding hydrogens is 421 g/mol. The van der Waals surface area contributed by atoms with E-state index in [1.54, 1.807) is 0 Å². The van der Waals surface area contributed by atoms with E-state index in [2.05, 4.69) is 112 Å².